The van der Waals surface area contributed by atoms with Gasteiger partial charge in [0.25, 0.3) is 0 Å². The van der Waals surface area contributed by atoms with Crippen molar-refractivity contribution in [3.05, 3.63) is 0 Å². The Labute approximate surface area is 113 Å². The molecular weight excluding hydrogens is 255 g/mol. The minimum absolute atomic E-state index is 0.0197. The number of alkyl halides is 3. The monoisotopic (exact) mass is 281 g/mol. The van der Waals surface area contributed by atoms with E-state index in [9.17, 15) is 13.2 Å². The van der Waals surface area contributed by atoms with Gasteiger partial charge < -0.3 is 10.4 Å². The summed E-state index contributed by atoms with van der Waals surface area (Å²) in [6.07, 6.45) is -0.458. The molecule has 0 aromatic heterocycles. The second kappa shape index (κ2) is 6.93. The molecule has 0 radical (unpaired) electrons. The second-order valence-corrected chi connectivity index (χ2v) is 6.47. The molecule has 1 aliphatic carbocycles. The lowest BCUT2D eigenvalue weighted by Gasteiger charge is -2.34. The van der Waals surface area contributed by atoms with E-state index in [0.29, 0.717) is 13.0 Å². The normalized spacial score (nSPS) is 25.6. The molecule has 0 aliphatic heterocycles. The molecule has 2 N–H and O–H groups in total. The first-order valence-corrected chi connectivity index (χ1v) is 7.15. The van der Waals surface area contributed by atoms with Crippen molar-refractivity contribution < 1.29 is 18.3 Å². The maximum absolute atomic E-state index is 12.7. The van der Waals surface area contributed by atoms with Gasteiger partial charge in [-0.1, -0.05) is 20.3 Å². The Morgan fingerprint density at radius 2 is 1.89 bits per heavy atom. The highest BCUT2D eigenvalue weighted by Crippen LogP contribution is 2.37. The molecule has 1 fully saturated rings. The zero-order valence-corrected chi connectivity index (χ0v) is 11.9. The fourth-order valence-corrected chi connectivity index (χ4v) is 2.74. The van der Waals surface area contributed by atoms with Gasteiger partial charge in [0, 0.05) is 19.2 Å². The molecule has 0 amide bonds. The molecule has 1 saturated carbocycles. The quantitative estimate of drug-likeness (QED) is 0.781. The second-order valence-electron chi connectivity index (χ2n) is 6.47. The summed E-state index contributed by atoms with van der Waals surface area (Å²) < 4.78 is 38.1. The predicted octanol–water partition coefficient (Wildman–Crippen LogP) is 3.50. The van der Waals surface area contributed by atoms with E-state index in [0.717, 1.165) is 19.3 Å². The van der Waals surface area contributed by atoms with Crippen LogP contribution >= 0.6 is 0 Å². The van der Waals surface area contributed by atoms with Gasteiger partial charge in [-0.2, -0.15) is 13.2 Å². The van der Waals surface area contributed by atoms with Crippen LogP contribution in [-0.2, 0) is 0 Å². The van der Waals surface area contributed by atoms with E-state index in [4.69, 9.17) is 5.11 Å². The van der Waals surface area contributed by atoms with Crippen molar-refractivity contribution in [3.63, 3.8) is 0 Å². The van der Waals surface area contributed by atoms with Gasteiger partial charge in [0.15, 0.2) is 0 Å². The predicted molar refractivity (Wildman–Crippen MR) is 69.9 cm³/mol. The van der Waals surface area contributed by atoms with Crippen molar-refractivity contribution in [1.82, 2.24) is 5.32 Å². The molecule has 19 heavy (non-hydrogen) atoms. The fraction of sp³-hybridized carbons (Fsp3) is 1.00. The lowest BCUT2D eigenvalue weighted by Crippen LogP contribution is -2.42. The van der Waals surface area contributed by atoms with E-state index in [1.165, 1.54) is 0 Å². The number of hydrogen-bond donors (Lipinski definition) is 2. The third kappa shape index (κ3) is 6.13. The van der Waals surface area contributed by atoms with Crippen LogP contribution in [0.5, 0.6) is 0 Å². The van der Waals surface area contributed by atoms with E-state index in [-0.39, 0.29) is 30.9 Å². The van der Waals surface area contributed by atoms with Gasteiger partial charge in [0.1, 0.15) is 0 Å². The zero-order valence-electron chi connectivity index (χ0n) is 11.9. The summed E-state index contributed by atoms with van der Waals surface area (Å²) in [4.78, 5) is 0. The topological polar surface area (TPSA) is 32.3 Å². The van der Waals surface area contributed by atoms with Gasteiger partial charge in [-0.3, -0.25) is 0 Å². The molecule has 0 bridgehead atoms. The molecule has 5 heteroatoms. The molecule has 1 aliphatic rings. The summed E-state index contributed by atoms with van der Waals surface area (Å²) in [6.45, 7) is 5.05. The van der Waals surface area contributed by atoms with E-state index < -0.39 is 12.1 Å². The lowest BCUT2D eigenvalue weighted by molar-refractivity contribution is -0.183. The van der Waals surface area contributed by atoms with Crippen LogP contribution in [0.3, 0.4) is 0 Å². The average molecular weight is 281 g/mol. The van der Waals surface area contributed by atoms with Crippen molar-refractivity contribution in [2.24, 2.45) is 11.3 Å². The van der Waals surface area contributed by atoms with Crippen molar-refractivity contribution in [1.29, 1.82) is 0 Å². The van der Waals surface area contributed by atoms with Crippen LogP contribution in [-0.4, -0.2) is 30.5 Å². The number of hydrogen-bond acceptors (Lipinski definition) is 2. The average Bonchev–Trinajstić information content (AvgIpc) is 2.34. The maximum atomic E-state index is 12.7. The summed E-state index contributed by atoms with van der Waals surface area (Å²) >= 11 is 0. The first kappa shape index (κ1) is 16.8. The molecular formula is C14H26F3NO. The van der Waals surface area contributed by atoms with Crippen LogP contribution < -0.4 is 5.32 Å². The molecule has 0 heterocycles. The maximum Gasteiger partial charge on any atom is 0.391 e. The molecule has 0 saturated heterocycles. The van der Waals surface area contributed by atoms with Crippen LogP contribution in [0.4, 0.5) is 13.2 Å². The van der Waals surface area contributed by atoms with Gasteiger partial charge in [-0.25, -0.2) is 0 Å². The molecule has 0 aromatic rings. The Hall–Kier alpha value is -0.290. The first-order chi connectivity index (χ1) is 8.74. The smallest absolute Gasteiger partial charge is 0.391 e. The minimum atomic E-state index is -4.05. The third-order valence-electron chi connectivity index (χ3n) is 4.02. The summed E-state index contributed by atoms with van der Waals surface area (Å²) in [5, 5.41) is 12.1. The third-order valence-corrected chi connectivity index (χ3v) is 4.02. The molecule has 2 unspecified atom stereocenters. The van der Waals surface area contributed by atoms with Crippen molar-refractivity contribution in [2.45, 2.75) is 64.6 Å². The zero-order chi connectivity index (χ0) is 14.5. The fourth-order valence-electron chi connectivity index (χ4n) is 2.74. The standard InChI is InChI=1S/C14H26F3NO/c1-13(2,7-4-8-19)10-18-12-6-3-5-11(9-12)14(15,16)17/h11-12,18-19H,3-10H2,1-2H3. The minimum Gasteiger partial charge on any atom is -0.396 e. The van der Waals surface area contributed by atoms with E-state index >= 15 is 0 Å². The van der Waals surface area contributed by atoms with Gasteiger partial charge >= 0.3 is 6.18 Å². The summed E-state index contributed by atoms with van der Waals surface area (Å²) in [6, 6.07) is -0.0197. The molecule has 1 rings (SSSR count). The van der Waals surface area contributed by atoms with Crippen LogP contribution in [0.25, 0.3) is 0 Å². The van der Waals surface area contributed by atoms with Gasteiger partial charge in [0.2, 0.25) is 0 Å². The molecule has 0 aromatic carbocycles. The summed E-state index contributed by atoms with van der Waals surface area (Å²) in [5.74, 6) is -1.14. The number of rotatable bonds is 6. The van der Waals surface area contributed by atoms with Gasteiger partial charge in [-0.15, -0.1) is 0 Å². The number of halogens is 3. The van der Waals surface area contributed by atoms with Crippen molar-refractivity contribution in [2.75, 3.05) is 13.2 Å². The Balaban J connectivity index is 2.36. The summed E-state index contributed by atoms with van der Waals surface area (Å²) in [7, 11) is 0. The Bertz CT molecular complexity index is 266. The SMILES string of the molecule is CC(C)(CCCO)CNC1CCCC(C(F)(F)F)C1. The summed E-state index contributed by atoms with van der Waals surface area (Å²) in [5.41, 5.74) is 0.0217. The first-order valence-electron chi connectivity index (χ1n) is 7.15. The largest absolute Gasteiger partial charge is 0.396 e. The van der Waals surface area contributed by atoms with Crippen LogP contribution in [0, 0.1) is 11.3 Å². The Morgan fingerprint density at radius 1 is 1.21 bits per heavy atom. The number of aliphatic hydroxyl groups excluding tert-OH is 1. The van der Waals surface area contributed by atoms with E-state index in [1.807, 2.05) is 0 Å². The van der Waals surface area contributed by atoms with E-state index in [2.05, 4.69) is 19.2 Å². The lowest BCUT2D eigenvalue weighted by atomic mass is 9.83. The highest BCUT2D eigenvalue weighted by molar-refractivity contribution is 4.83. The van der Waals surface area contributed by atoms with Gasteiger partial charge in [0.05, 0.1) is 5.92 Å². The Morgan fingerprint density at radius 3 is 2.47 bits per heavy atom. The molecule has 2 atom stereocenters. The molecule has 0 spiro atoms. The van der Waals surface area contributed by atoms with Crippen LogP contribution in [0.2, 0.25) is 0 Å². The van der Waals surface area contributed by atoms with E-state index in [1.54, 1.807) is 0 Å². The number of nitrogens with one attached hydrogen (secondary N) is 1. The van der Waals surface area contributed by atoms with Gasteiger partial charge in [-0.05, 0) is 37.5 Å². The van der Waals surface area contributed by atoms with Crippen molar-refractivity contribution in [3.8, 4) is 0 Å². The van der Waals surface area contributed by atoms with Crippen LogP contribution in [0.15, 0.2) is 0 Å². The highest BCUT2D eigenvalue weighted by atomic mass is 19.4. The molecule has 114 valence electrons. The molecule has 2 nitrogen and oxygen atoms in total. The van der Waals surface area contributed by atoms with Crippen LogP contribution in [0.1, 0.15) is 52.4 Å². The highest BCUT2D eigenvalue weighted by Gasteiger charge is 2.42. The van der Waals surface area contributed by atoms with Crippen molar-refractivity contribution >= 4 is 0 Å². The number of aliphatic hydroxyl groups is 1. The Kier molecular flexibility index (Phi) is 6.12.